The van der Waals surface area contributed by atoms with E-state index in [0.29, 0.717) is 43.5 Å². The zero-order valence-electron chi connectivity index (χ0n) is 15.5. The lowest BCUT2D eigenvalue weighted by atomic mass is 9.99. The summed E-state index contributed by atoms with van der Waals surface area (Å²) < 4.78 is 29.0. The molecule has 0 radical (unpaired) electrons. The smallest absolute Gasteiger partial charge is 0.317 e. The third kappa shape index (κ3) is 4.61. The quantitative estimate of drug-likeness (QED) is 0.790. The van der Waals surface area contributed by atoms with Crippen molar-refractivity contribution < 1.29 is 23.4 Å². The van der Waals surface area contributed by atoms with Gasteiger partial charge in [0.05, 0.1) is 20.8 Å². The van der Waals surface area contributed by atoms with E-state index in [9.17, 15) is 9.18 Å². The molecule has 1 aliphatic heterocycles. The molecule has 144 valence electrons. The summed E-state index contributed by atoms with van der Waals surface area (Å²) in [6.45, 7) is 1.83. The Kier molecular flexibility index (Phi) is 6.01. The van der Waals surface area contributed by atoms with E-state index in [0.717, 1.165) is 17.5 Å². The van der Waals surface area contributed by atoms with Crippen molar-refractivity contribution in [3.63, 3.8) is 0 Å². The maximum Gasteiger partial charge on any atom is 0.317 e. The van der Waals surface area contributed by atoms with Gasteiger partial charge in [0.2, 0.25) is 0 Å². The number of carbonyl (C=O) groups excluding carboxylic acids is 1. The molecular weight excluding hydrogens is 351 g/mol. The number of halogens is 1. The molecule has 0 saturated heterocycles. The third-order valence-electron chi connectivity index (χ3n) is 4.47. The van der Waals surface area contributed by atoms with Crippen molar-refractivity contribution in [2.75, 3.05) is 33.9 Å². The number of nitrogens with zero attached hydrogens (tertiary/aromatic N) is 1. The summed E-state index contributed by atoms with van der Waals surface area (Å²) in [6, 6.07) is 9.54. The number of hydrogen-bond acceptors (Lipinski definition) is 4. The lowest BCUT2D eigenvalue weighted by Crippen LogP contribution is -2.43. The van der Waals surface area contributed by atoms with Crippen LogP contribution in [0.25, 0.3) is 0 Å². The van der Waals surface area contributed by atoms with Crippen molar-refractivity contribution in [3.8, 4) is 17.2 Å². The van der Waals surface area contributed by atoms with E-state index in [1.807, 2.05) is 12.1 Å². The topological polar surface area (TPSA) is 60.0 Å². The standard InChI is InChI=1S/C20H23FN2O4/c1-25-18-11-14-7-9-23(13-15(14)12-19(18)26-2)20(24)22-8-10-27-17-5-3-16(21)4-6-17/h3-6,11-12H,7-10,13H2,1-2H3,(H,22,24). The Labute approximate surface area is 157 Å². The highest BCUT2D eigenvalue weighted by Gasteiger charge is 2.22. The summed E-state index contributed by atoms with van der Waals surface area (Å²) in [5, 5.41) is 2.85. The monoisotopic (exact) mass is 374 g/mol. The van der Waals surface area contributed by atoms with E-state index >= 15 is 0 Å². The minimum absolute atomic E-state index is 0.141. The highest BCUT2D eigenvalue weighted by atomic mass is 19.1. The number of rotatable bonds is 6. The fraction of sp³-hybridized carbons (Fsp3) is 0.350. The Morgan fingerprint density at radius 3 is 2.44 bits per heavy atom. The highest BCUT2D eigenvalue weighted by molar-refractivity contribution is 5.74. The molecule has 0 spiro atoms. The van der Waals surface area contributed by atoms with Gasteiger partial charge in [-0.05, 0) is 53.9 Å². The molecule has 0 atom stereocenters. The fourth-order valence-electron chi connectivity index (χ4n) is 3.03. The molecule has 27 heavy (non-hydrogen) atoms. The molecule has 0 aliphatic carbocycles. The van der Waals surface area contributed by atoms with Crippen LogP contribution in [0.5, 0.6) is 17.2 Å². The number of methoxy groups -OCH3 is 2. The van der Waals surface area contributed by atoms with Crippen molar-refractivity contribution in [1.29, 1.82) is 0 Å². The van der Waals surface area contributed by atoms with E-state index in [1.165, 1.54) is 12.1 Å². The first kappa shape index (κ1) is 18.8. The second-order valence-electron chi connectivity index (χ2n) is 6.18. The Hall–Kier alpha value is -2.96. The lowest BCUT2D eigenvalue weighted by molar-refractivity contribution is 0.189. The summed E-state index contributed by atoms with van der Waals surface area (Å²) in [7, 11) is 3.21. The first-order valence-electron chi connectivity index (χ1n) is 8.75. The Morgan fingerprint density at radius 2 is 1.78 bits per heavy atom. The molecule has 0 unspecified atom stereocenters. The van der Waals surface area contributed by atoms with Gasteiger partial charge in [-0.1, -0.05) is 0 Å². The molecule has 7 heteroatoms. The van der Waals surface area contributed by atoms with Gasteiger partial charge in [-0.15, -0.1) is 0 Å². The van der Waals surface area contributed by atoms with E-state index in [4.69, 9.17) is 14.2 Å². The number of urea groups is 1. The normalized spacial score (nSPS) is 12.9. The average molecular weight is 374 g/mol. The predicted molar refractivity (Wildman–Crippen MR) is 99.0 cm³/mol. The van der Waals surface area contributed by atoms with Crippen molar-refractivity contribution >= 4 is 6.03 Å². The minimum Gasteiger partial charge on any atom is -0.493 e. The van der Waals surface area contributed by atoms with Gasteiger partial charge in [0.15, 0.2) is 11.5 Å². The molecule has 0 fully saturated rings. The fourth-order valence-corrected chi connectivity index (χ4v) is 3.03. The maximum absolute atomic E-state index is 12.8. The third-order valence-corrected chi connectivity index (χ3v) is 4.47. The molecule has 2 aromatic rings. The van der Waals surface area contributed by atoms with E-state index < -0.39 is 0 Å². The van der Waals surface area contributed by atoms with Crippen molar-refractivity contribution in [2.24, 2.45) is 0 Å². The molecule has 0 saturated carbocycles. The number of hydrogen-bond donors (Lipinski definition) is 1. The van der Waals surface area contributed by atoms with Gasteiger partial charge in [0.1, 0.15) is 18.2 Å². The number of benzene rings is 2. The van der Waals surface area contributed by atoms with Gasteiger partial charge in [0, 0.05) is 13.1 Å². The van der Waals surface area contributed by atoms with Crippen LogP contribution >= 0.6 is 0 Å². The van der Waals surface area contributed by atoms with Crippen molar-refractivity contribution in [1.82, 2.24) is 10.2 Å². The van der Waals surface area contributed by atoms with Gasteiger partial charge in [-0.25, -0.2) is 9.18 Å². The number of carbonyl (C=O) groups is 1. The molecule has 0 aromatic heterocycles. The molecule has 1 heterocycles. The number of fused-ring (bicyclic) bond motifs is 1. The summed E-state index contributed by atoms with van der Waals surface area (Å²) >= 11 is 0. The van der Waals surface area contributed by atoms with E-state index in [-0.39, 0.29) is 11.8 Å². The van der Waals surface area contributed by atoms with Crippen LogP contribution in [0, 0.1) is 5.82 Å². The first-order chi connectivity index (χ1) is 13.1. The summed E-state index contributed by atoms with van der Waals surface area (Å²) in [4.78, 5) is 14.2. The molecule has 3 rings (SSSR count). The van der Waals surface area contributed by atoms with Crippen LogP contribution < -0.4 is 19.5 Å². The maximum atomic E-state index is 12.8. The summed E-state index contributed by atoms with van der Waals surface area (Å²) in [5.41, 5.74) is 2.22. The van der Waals surface area contributed by atoms with Crippen LogP contribution in [0.3, 0.4) is 0 Å². The van der Waals surface area contributed by atoms with Crippen LogP contribution in [0.15, 0.2) is 36.4 Å². The molecule has 1 aliphatic rings. The van der Waals surface area contributed by atoms with Crippen LogP contribution in [-0.4, -0.2) is 44.8 Å². The number of amides is 2. The zero-order valence-corrected chi connectivity index (χ0v) is 15.5. The van der Waals surface area contributed by atoms with Gasteiger partial charge < -0.3 is 24.4 Å². The van der Waals surface area contributed by atoms with Gasteiger partial charge >= 0.3 is 6.03 Å². The van der Waals surface area contributed by atoms with Crippen LogP contribution in [-0.2, 0) is 13.0 Å². The Morgan fingerprint density at radius 1 is 1.11 bits per heavy atom. The van der Waals surface area contributed by atoms with Gasteiger partial charge in [-0.2, -0.15) is 0 Å². The molecule has 2 aromatic carbocycles. The van der Waals surface area contributed by atoms with Crippen molar-refractivity contribution in [2.45, 2.75) is 13.0 Å². The predicted octanol–water partition coefficient (Wildman–Crippen LogP) is 2.99. The van der Waals surface area contributed by atoms with Crippen molar-refractivity contribution in [3.05, 3.63) is 53.3 Å². The zero-order chi connectivity index (χ0) is 19.2. The summed E-state index contributed by atoms with van der Waals surface area (Å²) in [6.07, 6.45) is 0.759. The SMILES string of the molecule is COc1cc2c(cc1OC)CN(C(=O)NCCOc1ccc(F)cc1)CC2. The number of nitrogens with one attached hydrogen (secondary N) is 1. The molecule has 1 N–H and O–H groups in total. The largest absolute Gasteiger partial charge is 0.493 e. The van der Waals surface area contributed by atoms with Crippen LogP contribution in [0.1, 0.15) is 11.1 Å². The number of ether oxygens (including phenoxy) is 3. The minimum atomic E-state index is -0.310. The average Bonchev–Trinajstić information content (AvgIpc) is 2.70. The first-order valence-corrected chi connectivity index (χ1v) is 8.75. The molecule has 0 bridgehead atoms. The second kappa shape index (κ2) is 8.62. The van der Waals surface area contributed by atoms with Gasteiger partial charge in [0.25, 0.3) is 0 Å². The molecule has 6 nitrogen and oxygen atoms in total. The lowest BCUT2D eigenvalue weighted by Gasteiger charge is -2.29. The second-order valence-corrected chi connectivity index (χ2v) is 6.18. The van der Waals surface area contributed by atoms with Gasteiger partial charge in [-0.3, -0.25) is 0 Å². The van der Waals surface area contributed by atoms with Crippen LogP contribution in [0.2, 0.25) is 0 Å². The Bertz CT molecular complexity index is 795. The molecule has 2 amide bonds. The van der Waals surface area contributed by atoms with Crippen LogP contribution in [0.4, 0.5) is 9.18 Å². The highest BCUT2D eigenvalue weighted by Crippen LogP contribution is 2.33. The summed E-state index contributed by atoms with van der Waals surface area (Å²) in [5.74, 6) is 1.62. The van der Waals surface area contributed by atoms with E-state index in [1.54, 1.807) is 31.3 Å². The Balaban J connectivity index is 1.50. The van der Waals surface area contributed by atoms with E-state index in [2.05, 4.69) is 5.32 Å². The molecular formula is C20H23FN2O4.